The molecule has 1 aliphatic rings. The van der Waals surface area contributed by atoms with E-state index >= 15 is 0 Å². The average molecular weight is 403 g/mol. The Kier molecular flexibility index (Phi) is 6.31. The molecule has 1 saturated heterocycles. The topological polar surface area (TPSA) is 50.2 Å². The maximum absolute atomic E-state index is 13.3. The van der Waals surface area contributed by atoms with Gasteiger partial charge in [-0.25, -0.2) is 4.68 Å². The van der Waals surface area contributed by atoms with Crippen molar-refractivity contribution in [3.05, 3.63) is 59.6 Å². The van der Waals surface area contributed by atoms with Crippen LogP contribution in [0, 0.1) is 0 Å². The number of hydrogen-bond acceptors (Lipinski definition) is 4. The highest BCUT2D eigenvalue weighted by molar-refractivity contribution is 7.13. The molecule has 1 N–H and O–H groups in total. The average Bonchev–Trinajstić information content (AvgIpc) is 3.38. The first kappa shape index (κ1) is 19.6. The predicted molar refractivity (Wildman–Crippen MR) is 112 cm³/mol. The van der Waals surface area contributed by atoms with Gasteiger partial charge in [-0.2, -0.15) is 5.10 Å². The Hall–Kier alpha value is -2.15. The van der Waals surface area contributed by atoms with E-state index in [2.05, 4.69) is 5.32 Å². The van der Waals surface area contributed by atoms with Crippen LogP contribution in [0.4, 0.5) is 0 Å². The van der Waals surface area contributed by atoms with E-state index in [9.17, 15) is 4.79 Å². The van der Waals surface area contributed by atoms with Crippen molar-refractivity contribution in [3.8, 4) is 16.3 Å². The normalized spacial score (nSPS) is 16.8. The van der Waals surface area contributed by atoms with Gasteiger partial charge in [0.05, 0.1) is 16.1 Å². The molecule has 142 valence electrons. The van der Waals surface area contributed by atoms with Crippen LogP contribution in [0.15, 0.2) is 54.0 Å². The lowest BCUT2D eigenvalue weighted by Crippen LogP contribution is -2.47. The molecule has 0 radical (unpaired) electrons. The summed E-state index contributed by atoms with van der Waals surface area (Å²) in [6, 6.07) is 14.3. The van der Waals surface area contributed by atoms with Gasteiger partial charge in [-0.1, -0.05) is 24.3 Å². The van der Waals surface area contributed by atoms with Crippen molar-refractivity contribution >= 4 is 29.7 Å². The molecule has 0 aliphatic carbocycles. The van der Waals surface area contributed by atoms with E-state index in [0.717, 1.165) is 42.2 Å². The summed E-state index contributed by atoms with van der Waals surface area (Å²) in [4.78, 5) is 16.2. The van der Waals surface area contributed by atoms with Crippen LogP contribution in [0.2, 0.25) is 0 Å². The highest BCUT2D eigenvalue weighted by Crippen LogP contribution is 2.29. The molecule has 4 rings (SSSR count). The molecule has 5 nitrogen and oxygen atoms in total. The molecule has 1 unspecified atom stereocenters. The van der Waals surface area contributed by atoms with Gasteiger partial charge in [0.1, 0.15) is 5.69 Å². The highest BCUT2D eigenvalue weighted by atomic mass is 35.5. The maximum Gasteiger partial charge on any atom is 0.257 e. The van der Waals surface area contributed by atoms with Crippen molar-refractivity contribution in [2.45, 2.75) is 18.9 Å². The first-order chi connectivity index (χ1) is 12.8. The van der Waals surface area contributed by atoms with Crippen LogP contribution >= 0.6 is 23.7 Å². The van der Waals surface area contributed by atoms with Gasteiger partial charge >= 0.3 is 0 Å². The van der Waals surface area contributed by atoms with Crippen LogP contribution in [0.1, 0.15) is 23.2 Å². The van der Waals surface area contributed by atoms with Gasteiger partial charge in [-0.05, 0) is 43.5 Å². The van der Waals surface area contributed by atoms with E-state index < -0.39 is 0 Å². The second-order valence-corrected chi connectivity index (χ2v) is 7.48. The van der Waals surface area contributed by atoms with Crippen LogP contribution in [0.25, 0.3) is 16.3 Å². The molecule has 3 heterocycles. The van der Waals surface area contributed by atoms with Gasteiger partial charge in [0, 0.05) is 25.3 Å². The Balaban J connectivity index is 0.00000210. The third-order valence-electron chi connectivity index (χ3n) is 4.84. The molecule has 7 heteroatoms. The Labute approximate surface area is 169 Å². The van der Waals surface area contributed by atoms with Crippen molar-refractivity contribution in [1.82, 2.24) is 20.0 Å². The van der Waals surface area contributed by atoms with E-state index in [1.807, 2.05) is 70.7 Å². The second kappa shape index (κ2) is 8.69. The second-order valence-electron chi connectivity index (χ2n) is 6.53. The van der Waals surface area contributed by atoms with Crippen LogP contribution in [0.5, 0.6) is 0 Å². The molecule has 1 atom stereocenters. The summed E-state index contributed by atoms with van der Waals surface area (Å²) in [6.07, 6.45) is 4.01. The fourth-order valence-electron chi connectivity index (χ4n) is 3.41. The molecular formula is C20H23ClN4OS. The van der Waals surface area contributed by atoms with E-state index in [4.69, 9.17) is 5.10 Å². The van der Waals surface area contributed by atoms with Crippen LogP contribution in [-0.2, 0) is 0 Å². The summed E-state index contributed by atoms with van der Waals surface area (Å²) >= 11 is 1.61. The minimum absolute atomic E-state index is 0. The zero-order valence-electron chi connectivity index (χ0n) is 15.2. The fraction of sp³-hybridized carbons (Fsp3) is 0.300. The van der Waals surface area contributed by atoms with Crippen molar-refractivity contribution < 1.29 is 4.79 Å². The number of carbonyl (C=O) groups is 1. The molecule has 1 fully saturated rings. The first-order valence-corrected chi connectivity index (χ1v) is 9.79. The highest BCUT2D eigenvalue weighted by Gasteiger charge is 2.27. The smallest absolute Gasteiger partial charge is 0.257 e. The first-order valence-electron chi connectivity index (χ1n) is 8.92. The summed E-state index contributed by atoms with van der Waals surface area (Å²) in [7, 11) is 1.96. The van der Waals surface area contributed by atoms with Gasteiger partial charge in [-0.15, -0.1) is 23.7 Å². The van der Waals surface area contributed by atoms with Crippen molar-refractivity contribution in [2.24, 2.45) is 0 Å². The number of carbonyl (C=O) groups excluding carboxylic acids is 1. The summed E-state index contributed by atoms with van der Waals surface area (Å²) < 4.78 is 1.81. The summed E-state index contributed by atoms with van der Waals surface area (Å²) in [5, 5.41) is 10.1. The van der Waals surface area contributed by atoms with Crippen LogP contribution < -0.4 is 5.32 Å². The summed E-state index contributed by atoms with van der Waals surface area (Å²) in [5.74, 6) is 0.0653. The molecule has 0 saturated carbocycles. The fourth-order valence-corrected chi connectivity index (χ4v) is 4.13. The van der Waals surface area contributed by atoms with Gasteiger partial charge in [0.25, 0.3) is 5.91 Å². The Morgan fingerprint density at radius 3 is 2.74 bits per heavy atom. The number of nitrogens with zero attached hydrogens (tertiary/aromatic N) is 3. The third kappa shape index (κ3) is 4.08. The Morgan fingerprint density at radius 1 is 1.22 bits per heavy atom. The lowest BCUT2D eigenvalue weighted by atomic mass is 10.0. The summed E-state index contributed by atoms with van der Waals surface area (Å²) in [5.41, 5.74) is 2.39. The Bertz CT molecular complexity index is 879. The van der Waals surface area contributed by atoms with Crippen LogP contribution in [0.3, 0.4) is 0 Å². The number of likely N-dealkylation sites (N-methyl/N-ethyl adjacent to an activating group) is 1. The minimum Gasteiger partial charge on any atom is -0.337 e. The number of likely N-dealkylation sites (tertiary alicyclic amines) is 1. The molecule has 1 aromatic carbocycles. The number of aromatic nitrogens is 2. The lowest BCUT2D eigenvalue weighted by molar-refractivity contribution is 0.0699. The zero-order chi connectivity index (χ0) is 17.9. The summed E-state index contributed by atoms with van der Waals surface area (Å²) in [6.45, 7) is 1.55. The van der Waals surface area contributed by atoms with Gasteiger partial charge in [0.15, 0.2) is 0 Å². The SMILES string of the molecule is CNC1CCCN(C(=O)c2cn(-c3ccccc3)nc2-c2cccs2)C1.Cl. The quantitative estimate of drug-likeness (QED) is 0.721. The maximum atomic E-state index is 13.3. The number of piperidine rings is 1. The predicted octanol–water partition coefficient (Wildman–Crippen LogP) is 3.85. The number of hydrogen-bond donors (Lipinski definition) is 1. The molecule has 0 bridgehead atoms. The van der Waals surface area contributed by atoms with Crippen molar-refractivity contribution in [3.63, 3.8) is 0 Å². The van der Waals surface area contributed by atoms with E-state index in [1.54, 1.807) is 11.3 Å². The third-order valence-corrected chi connectivity index (χ3v) is 5.71. The van der Waals surface area contributed by atoms with Crippen LogP contribution in [-0.4, -0.2) is 46.8 Å². The van der Waals surface area contributed by atoms with E-state index in [-0.39, 0.29) is 18.3 Å². The number of para-hydroxylation sites is 1. The molecule has 1 amide bonds. The number of nitrogens with one attached hydrogen (secondary N) is 1. The van der Waals surface area contributed by atoms with E-state index in [0.29, 0.717) is 11.6 Å². The largest absolute Gasteiger partial charge is 0.337 e. The molecular weight excluding hydrogens is 380 g/mol. The lowest BCUT2D eigenvalue weighted by Gasteiger charge is -2.32. The van der Waals surface area contributed by atoms with Gasteiger partial charge < -0.3 is 10.2 Å². The van der Waals surface area contributed by atoms with Gasteiger partial charge in [0.2, 0.25) is 0 Å². The van der Waals surface area contributed by atoms with Crippen molar-refractivity contribution in [1.29, 1.82) is 0 Å². The monoisotopic (exact) mass is 402 g/mol. The number of amides is 1. The van der Waals surface area contributed by atoms with Gasteiger partial charge in [-0.3, -0.25) is 4.79 Å². The standard InChI is InChI=1S/C20H22N4OS.ClH/c1-21-15-7-5-11-23(13-15)20(25)17-14-24(16-8-3-2-4-9-16)22-19(17)18-10-6-12-26-18;/h2-4,6,8-10,12,14-15,21H,5,7,11,13H2,1H3;1H. The molecule has 3 aromatic rings. The molecule has 0 spiro atoms. The number of benzene rings is 1. The molecule has 2 aromatic heterocycles. The number of rotatable bonds is 4. The molecule has 27 heavy (non-hydrogen) atoms. The minimum atomic E-state index is 0. The van der Waals surface area contributed by atoms with Crippen molar-refractivity contribution in [2.75, 3.05) is 20.1 Å². The number of halogens is 1. The molecule has 1 aliphatic heterocycles. The zero-order valence-corrected chi connectivity index (χ0v) is 16.8. The Morgan fingerprint density at radius 2 is 2.04 bits per heavy atom. The van der Waals surface area contributed by atoms with E-state index in [1.165, 1.54) is 0 Å². The number of thiophene rings is 1.